The number of carbonyl (C=O) groups is 1. The highest BCUT2D eigenvalue weighted by atomic mass is 16.4. The van der Waals surface area contributed by atoms with Crippen LogP contribution in [-0.4, -0.2) is 25.6 Å². The molecule has 0 amide bonds. The number of aryl methyl sites for hydroxylation is 1. The van der Waals surface area contributed by atoms with Crippen molar-refractivity contribution in [2.24, 2.45) is 5.92 Å². The van der Waals surface area contributed by atoms with Crippen LogP contribution in [0.15, 0.2) is 18.5 Å². The van der Waals surface area contributed by atoms with E-state index in [0.717, 1.165) is 23.4 Å². The lowest BCUT2D eigenvalue weighted by molar-refractivity contribution is -0.137. The quantitative estimate of drug-likeness (QED) is 0.878. The molecule has 0 aromatic carbocycles. The number of aliphatic carboxylic acids is 1. The van der Waals surface area contributed by atoms with E-state index in [-0.39, 0.29) is 12.3 Å². The number of aromatic nitrogens is 3. The predicted molar refractivity (Wildman–Crippen MR) is 68.3 cm³/mol. The lowest BCUT2D eigenvalue weighted by Gasteiger charge is -2.10. The molecule has 96 valence electrons. The van der Waals surface area contributed by atoms with Gasteiger partial charge in [-0.1, -0.05) is 6.92 Å². The molecule has 0 saturated carbocycles. The van der Waals surface area contributed by atoms with Crippen LogP contribution in [0, 0.1) is 5.92 Å². The molecule has 0 aliphatic carbocycles. The number of nitrogens with zero attached hydrogens (tertiary/aromatic N) is 3. The van der Waals surface area contributed by atoms with Crippen LogP contribution in [-0.2, 0) is 17.8 Å². The van der Waals surface area contributed by atoms with Crippen LogP contribution in [0.25, 0.3) is 11.0 Å². The number of fused-ring (bicyclic) bond motifs is 1. The Morgan fingerprint density at radius 1 is 1.56 bits per heavy atom. The number of hydrogen-bond acceptors (Lipinski definition) is 3. The van der Waals surface area contributed by atoms with Crippen molar-refractivity contribution in [3.63, 3.8) is 0 Å². The second kappa shape index (κ2) is 5.16. The molecule has 2 heterocycles. The molecule has 0 bridgehead atoms. The van der Waals surface area contributed by atoms with E-state index in [0.29, 0.717) is 6.42 Å². The minimum atomic E-state index is -0.761. The Labute approximate surface area is 105 Å². The first-order valence-corrected chi connectivity index (χ1v) is 6.12. The van der Waals surface area contributed by atoms with Crippen molar-refractivity contribution in [2.75, 3.05) is 0 Å². The maximum Gasteiger partial charge on any atom is 0.303 e. The molecule has 0 spiro atoms. The first kappa shape index (κ1) is 12.5. The Hall–Kier alpha value is -1.91. The summed E-state index contributed by atoms with van der Waals surface area (Å²) in [5.74, 6) is 0.259. The van der Waals surface area contributed by atoms with Crippen molar-refractivity contribution in [2.45, 2.75) is 33.2 Å². The summed E-state index contributed by atoms with van der Waals surface area (Å²) >= 11 is 0. The van der Waals surface area contributed by atoms with Crippen molar-refractivity contribution >= 4 is 17.0 Å². The lowest BCUT2D eigenvalue weighted by atomic mass is 10.0. The van der Waals surface area contributed by atoms with Gasteiger partial charge in [0.15, 0.2) is 0 Å². The number of carboxylic acid groups (broad SMARTS) is 1. The molecule has 1 unspecified atom stereocenters. The Bertz CT molecular complexity index is 562. The highest BCUT2D eigenvalue weighted by Crippen LogP contribution is 2.18. The van der Waals surface area contributed by atoms with Crippen molar-refractivity contribution < 1.29 is 9.90 Å². The van der Waals surface area contributed by atoms with E-state index in [1.165, 1.54) is 0 Å². The minimum Gasteiger partial charge on any atom is -0.481 e. The SMILES string of the molecule is CCn1c(CC(C)CC(=O)O)nc2cnccc21. The first-order chi connectivity index (χ1) is 8.61. The third-order valence-electron chi connectivity index (χ3n) is 3.00. The van der Waals surface area contributed by atoms with Crippen LogP contribution < -0.4 is 0 Å². The zero-order valence-corrected chi connectivity index (χ0v) is 10.6. The summed E-state index contributed by atoms with van der Waals surface area (Å²) < 4.78 is 2.12. The second-order valence-electron chi connectivity index (χ2n) is 4.54. The fraction of sp³-hybridized carbons (Fsp3) is 0.462. The summed E-state index contributed by atoms with van der Waals surface area (Å²) in [6.07, 6.45) is 4.34. The first-order valence-electron chi connectivity index (χ1n) is 6.12. The van der Waals surface area contributed by atoms with Gasteiger partial charge >= 0.3 is 5.97 Å². The smallest absolute Gasteiger partial charge is 0.303 e. The fourth-order valence-electron chi connectivity index (χ4n) is 2.22. The topological polar surface area (TPSA) is 68.0 Å². The summed E-state index contributed by atoms with van der Waals surface area (Å²) in [5, 5.41) is 8.79. The lowest BCUT2D eigenvalue weighted by Crippen LogP contribution is -2.11. The van der Waals surface area contributed by atoms with Gasteiger partial charge in [-0.05, 0) is 18.9 Å². The molecule has 2 aromatic rings. The number of hydrogen-bond donors (Lipinski definition) is 1. The van der Waals surface area contributed by atoms with Crippen LogP contribution in [0.3, 0.4) is 0 Å². The second-order valence-corrected chi connectivity index (χ2v) is 4.54. The predicted octanol–water partition coefficient (Wildman–Crippen LogP) is 2.10. The maximum absolute atomic E-state index is 10.7. The molecule has 2 aromatic heterocycles. The van der Waals surface area contributed by atoms with Crippen molar-refractivity contribution in [3.05, 3.63) is 24.3 Å². The molecule has 5 nitrogen and oxygen atoms in total. The maximum atomic E-state index is 10.7. The van der Waals surface area contributed by atoms with Crippen LogP contribution >= 0.6 is 0 Å². The average molecular weight is 247 g/mol. The molecule has 0 saturated heterocycles. The molecule has 2 rings (SSSR count). The van der Waals surface area contributed by atoms with Crippen molar-refractivity contribution in [1.82, 2.24) is 14.5 Å². The normalized spacial score (nSPS) is 12.8. The summed E-state index contributed by atoms with van der Waals surface area (Å²) in [5.41, 5.74) is 1.93. The fourth-order valence-corrected chi connectivity index (χ4v) is 2.22. The van der Waals surface area contributed by atoms with E-state index in [2.05, 4.69) is 21.5 Å². The molecule has 0 aliphatic heterocycles. The number of pyridine rings is 1. The molecule has 0 fully saturated rings. The minimum absolute atomic E-state index is 0.0811. The highest BCUT2D eigenvalue weighted by molar-refractivity contribution is 5.74. The van der Waals surface area contributed by atoms with Gasteiger partial charge in [0.25, 0.3) is 0 Å². The van der Waals surface area contributed by atoms with Gasteiger partial charge in [0.1, 0.15) is 11.3 Å². The van der Waals surface area contributed by atoms with Crippen molar-refractivity contribution in [1.29, 1.82) is 0 Å². The van der Waals surface area contributed by atoms with Crippen LogP contribution in [0.1, 0.15) is 26.1 Å². The number of carboxylic acids is 1. The number of rotatable bonds is 5. The van der Waals surface area contributed by atoms with Gasteiger partial charge in [0, 0.05) is 25.6 Å². The van der Waals surface area contributed by atoms with Gasteiger partial charge in [-0.25, -0.2) is 4.98 Å². The Balaban J connectivity index is 2.30. The Kier molecular flexibility index (Phi) is 3.60. The van der Waals surface area contributed by atoms with Gasteiger partial charge in [-0.15, -0.1) is 0 Å². The Morgan fingerprint density at radius 2 is 2.33 bits per heavy atom. The molecular formula is C13H17N3O2. The molecule has 1 atom stereocenters. The van der Waals surface area contributed by atoms with Crippen LogP contribution in [0.4, 0.5) is 0 Å². The summed E-state index contributed by atoms with van der Waals surface area (Å²) in [6.45, 7) is 4.83. The van der Waals surface area contributed by atoms with Crippen molar-refractivity contribution in [3.8, 4) is 0 Å². The molecule has 18 heavy (non-hydrogen) atoms. The van der Waals surface area contributed by atoms with Gasteiger partial charge in [-0.3, -0.25) is 9.78 Å². The van der Waals surface area contributed by atoms with Gasteiger partial charge < -0.3 is 9.67 Å². The largest absolute Gasteiger partial charge is 0.481 e. The third kappa shape index (κ3) is 2.50. The monoisotopic (exact) mass is 247 g/mol. The van der Waals surface area contributed by atoms with E-state index in [9.17, 15) is 4.79 Å². The summed E-state index contributed by atoms with van der Waals surface area (Å²) in [6, 6.07) is 1.94. The van der Waals surface area contributed by atoms with E-state index < -0.39 is 5.97 Å². The van der Waals surface area contributed by atoms with Crippen LogP contribution in [0.5, 0.6) is 0 Å². The van der Waals surface area contributed by atoms with Crippen LogP contribution in [0.2, 0.25) is 0 Å². The number of imidazole rings is 1. The van der Waals surface area contributed by atoms with Gasteiger partial charge in [-0.2, -0.15) is 0 Å². The molecule has 0 radical (unpaired) electrons. The zero-order valence-electron chi connectivity index (χ0n) is 10.6. The molecule has 0 aliphatic rings. The standard InChI is InChI=1S/C13H17N3O2/c1-3-16-11-4-5-14-8-10(11)15-12(16)6-9(2)7-13(17)18/h4-5,8-9H,3,6-7H2,1-2H3,(H,17,18). The van der Waals surface area contributed by atoms with E-state index in [4.69, 9.17) is 5.11 Å². The molecular weight excluding hydrogens is 230 g/mol. The van der Waals surface area contributed by atoms with E-state index in [1.807, 2.05) is 13.0 Å². The van der Waals surface area contributed by atoms with Gasteiger partial charge in [0.05, 0.1) is 11.7 Å². The average Bonchev–Trinajstić information content (AvgIpc) is 2.64. The molecule has 1 N–H and O–H groups in total. The van der Waals surface area contributed by atoms with Gasteiger partial charge in [0.2, 0.25) is 0 Å². The molecule has 5 heteroatoms. The van der Waals surface area contributed by atoms with E-state index in [1.54, 1.807) is 12.4 Å². The third-order valence-corrected chi connectivity index (χ3v) is 3.00. The Morgan fingerprint density at radius 3 is 3.00 bits per heavy atom. The summed E-state index contributed by atoms with van der Waals surface area (Å²) in [7, 11) is 0. The highest BCUT2D eigenvalue weighted by Gasteiger charge is 2.14. The van der Waals surface area contributed by atoms with E-state index >= 15 is 0 Å². The summed E-state index contributed by atoms with van der Waals surface area (Å²) in [4.78, 5) is 19.3. The zero-order chi connectivity index (χ0) is 13.1.